The van der Waals surface area contributed by atoms with Crippen LogP contribution in [-0.4, -0.2) is 43.9 Å². The van der Waals surface area contributed by atoms with Gasteiger partial charge in [0.1, 0.15) is 11.5 Å². The Morgan fingerprint density at radius 2 is 1.83 bits per heavy atom. The fourth-order valence-corrected chi connectivity index (χ4v) is 1.92. The molecule has 1 N–H and O–H groups in total. The zero-order valence-corrected chi connectivity index (χ0v) is 11.6. The lowest BCUT2D eigenvalue weighted by molar-refractivity contribution is 0.116. The summed E-state index contributed by atoms with van der Waals surface area (Å²) >= 11 is 0. The van der Waals surface area contributed by atoms with E-state index in [0.29, 0.717) is 12.3 Å². The van der Waals surface area contributed by atoms with Crippen LogP contribution < -0.4 is 9.47 Å². The number of ether oxygens (including phenoxy) is 2. The Morgan fingerprint density at radius 1 is 1.17 bits per heavy atom. The molecule has 0 aliphatic carbocycles. The lowest BCUT2D eigenvalue weighted by atomic mass is 10.1. The van der Waals surface area contributed by atoms with Gasteiger partial charge in [-0.05, 0) is 31.3 Å². The molecule has 0 radical (unpaired) electrons. The zero-order chi connectivity index (χ0) is 13.5. The van der Waals surface area contributed by atoms with Gasteiger partial charge >= 0.3 is 0 Å². The smallest absolute Gasteiger partial charge is 0.124 e. The molecule has 0 saturated carbocycles. The van der Waals surface area contributed by atoms with Gasteiger partial charge in [0.2, 0.25) is 0 Å². The second-order valence-electron chi connectivity index (χ2n) is 4.11. The van der Waals surface area contributed by atoms with E-state index in [-0.39, 0.29) is 0 Å². The number of likely N-dealkylation sites (N-methyl/N-ethyl adjacent to an activating group) is 1. The highest BCUT2D eigenvalue weighted by molar-refractivity contribution is 5.41. The summed E-state index contributed by atoms with van der Waals surface area (Å²) in [5.41, 5.74) is 0.767. The number of aliphatic hydroxyl groups excluding tert-OH is 1. The van der Waals surface area contributed by atoms with Crippen molar-refractivity contribution in [2.24, 2.45) is 0 Å². The standard InChI is InChI=1S/C14H23NO3/c1-5-15(6-2)10-13(16)12-9-11(17-3)7-8-14(12)18-4/h7-9,13,16H,5-6,10H2,1-4H3/t13-/m0/s1. The Balaban J connectivity index is 2.91. The molecule has 18 heavy (non-hydrogen) atoms. The number of rotatable bonds is 7. The van der Waals surface area contributed by atoms with Crippen LogP contribution in [0.3, 0.4) is 0 Å². The fraction of sp³-hybridized carbons (Fsp3) is 0.571. The molecule has 1 aromatic rings. The molecular weight excluding hydrogens is 230 g/mol. The largest absolute Gasteiger partial charge is 0.497 e. The number of hydrogen-bond donors (Lipinski definition) is 1. The maximum atomic E-state index is 10.3. The molecule has 4 nitrogen and oxygen atoms in total. The maximum absolute atomic E-state index is 10.3. The van der Waals surface area contributed by atoms with E-state index in [9.17, 15) is 5.11 Å². The van der Waals surface area contributed by atoms with Gasteiger partial charge in [-0.25, -0.2) is 0 Å². The van der Waals surface area contributed by atoms with E-state index in [1.165, 1.54) is 0 Å². The van der Waals surface area contributed by atoms with Crippen molar-refractivity contribution < 1.29 is 14.6 Å². The molecule has 0 saturated heterocycles. The highest BCUT2D eigenvalue weighted by Gasteiger charge is 2.16. The van der Waals surface area contributed by atoms with Gasteiger partial charge < -0.3 is 19.5 Å². The number of methoxy groups -OCH3 is 2. The summed E-state index contributed by atoms with van der Waals surface area (Å²) < 4.78 is 10.5. The topological polar surface area (TPSA) is 41.9 Å². The van der Waals surface area contributed by atoms with Crippen LogP contribution in [-0.2, 0) is 0 Å². The van der Waals surface area contributed by atoms with Gasteiger partial charge in [0.15, 0.2) is 0 Å². The van der Waals surface area contributed by atoms with Crippen molar-refractivity contribution in [3.63, 3.8) is 0 Å². The first-order valence-corrected chi connectivity index (χ1v) is 6.28. The highest BCUT2D eigenvalue weighted by Crippen LogP contribution is 2.29. The third kappa shape index (κ3) is 3.62. The van der Waals surface area contributed by atoms with E-state index in [1.807, 2.05) is 18.2 Å². The first kappa shape index (κ1) is 14.8. The van der Waals surface area contributed by atoms with E-state index in [2.05, 4.69) is 18.7 Å². The van der Waals surface area contributed by atoms with Gasteiger partial charge in [-0.3, -0.25) is 0 Å². The van der Waals surface area contributed by atoms with Crippen LogP contribution in [0, 0.1) is 0 Å². The Hall–Kier alpha value is -1.26. The van der Waals surface area contributed by atoms with Crippen molar-refractivity contribution in [2.75, 3.05) is 33.9 Å². The Bertz CT molecular complexity index is 364. The molecule has 4 heteroatoms. The summed E-state index contributed by atoms with van der Waals surface area (Å²) in [6.07, 6.45) is -0.574. The summed E-state index contributed by atoms with van der Waals surface area (Å²) in [6.45, 7) is 6.59. The number of benzene rings is 1. The molecule has 0 unspecified atom stereocenters. The van der Waals surface area contributed by atoms with E-state index >= 15 is 0 Å². The number of nitrogens with zero attached hydrogens (tertiary/aromatic N) is 1. The molecular formula is C14H23NO3. The first-order chi connectivity index (χ1) is 8.65. The van der Waals surface area contributed by atoms with Gasteiger partial charge in [-0.15, -0.1) is 0 Å². The molecule has 0 bridgehead atoms. The fourth-order valence-electron chi connectivity index (χ4n) is 1.92. The normalized spacial score (nSPS) is 12.6. The number of aliphatic hydroxyl groups is 1. The van der Waals surface area contributed by atoms with E-state index in [4.69, 9.17) is 9.47 Å². The average molecular weight is 253 g/mol. The van der Waals surface area contributed by atoms with Gasteiger partial charge in [-0.2, -0.15) is 0 Å². The van der Waals surface area contributed by atoms with Crippen LogP contribution in [0.15, 0.2) is 18.2 Å². The van der Waals surface area contributed by atoms with Crippen LogP contribution in [0.25, 0.3) is 0 Å². The molecule has 102 valence electrons. The zero-order valence-electron chi connectivity index (χ0n) is 11.6. The third-order valence-corrected chi connectivity index (χ3v) is 3.12. The second kappa shape index (κ2) is 7.24. The summed E-state index contributed by atoms with van der Waals surface area (Å²) in [7, 11) is 3.22. The lowest BCUT2D eigenvalue weighted by Crippen LogP contribution is -2.28. The summed E-state index contributed by atoms with van der Waals surface area (Å²) in [4.78, 5) is 2.17. The molecule has 0 spiro atoms. The predicted octanol–water partition coefficient (Wildman–Crippen LogP) is 2.08. The average Bonchev–Trinajstić information content (AvgIpc) is 2.43. The minimum atomic E-state index is -0.574. The predicted molar refractivity (Wildman–Crippen MR) is 72.3 cm³/mol. The van der Waals surface area contributed by atoms with Crippen LogP contribution in [0.4, 0.5) is 0 Å². The Morgan fingerprint density at radius 3 is 2.33 bits per heavy atom. The van der Waals surface area contributed by atoms with Gasteiger partial charge in [0.25, 0.3) is 0 Å². The molecule has 0 fully saturated rings. The summed E-state index contributed by atoms with van der Waals surface area (Å²) in [5.74, 6) is 1.42. The van der Waals surface area contributed by atoms with Crippen molar-refractivity contribution in [1.82, 2.24) is 4.90 Å². The summed E-state index contributed by atoms with van der Waals surface area (Å²) in [5, 5.41) is 10.3. The van der Waals surface area contributed by atoms with Crippen LogP contribution in [0.5, 0.6) is 11.5 Å². The molecule has 1 atom stereocenters. The minimum absolute atomic E-state index is 0.574. The van der Waals surface area contributed by atoms with Crippen molar-refractivity contribution in [3.8, 4) is 11.5 Å². The minimum Gasteiger partial charge on any atom is -0.497 e. The number of hydrogen-bond acceptors (Lipinski definition) is 4. The van der Waals surface area contributed by atoms with Crippen LogP contribution >= 0.6 is 0 Å². The highest BCUT2D eigenvalue weighted by atomic mass is 16.5. The first-order valence-electron chi connectivity index (χ1n) is 6.28. The van der Waals surface area contributed by atoms with E-state index in [0.717, 1.165) is 24.4 Å². The van der Waals surface area contributed by atoms with Crippen molar-refractivity contribution in [3.05, 3.63) is 23.8 Å². The van der Waals surface area contributed by atoms with E-state index in [1.54, 1.807) is 14.2 Å². The molecule has 0 amide bonds. The van der Waals surface area contributed by atoms with Crippen molar-refractivity contribution >= 4 is 0 Å². The van der Waals surface area contributed by atoms with Gasteiger partial charge in [0, 0.05) is 12.1 Å². The molecule has 1 aromatic carbocycles. The van der Waals surface area contributed by atoms with E-state index < -0.39 is 6.10 Å². The molecule has 0 aromatic heterocycles. The van der Waals surface area contributed by atoms with Crippen molar-refractivity contribution in [2.45, 2.75) is 20.0 Å². The molecule has 1 rings (SSSR count). The SMILES string of the molecule is CCN(CC)C[C@H](O)c1cc(OC)ccc1OC. The van der Waals surface area contributed by atoms with Gasteiger partial charge in [0.05, 0.1) is 20.3 Å². The van der Waals surface area contributed by atoms with Crippen LogP contribution in [0.1, 0.15) is 25.5 Å². The third-order valence-electron chi connectivity index (χ3n) is 3.12. The molecule has 0 aliphatic heterocycles. The van der Waals surface area contributed by atoms with Gasteiger partial charge in [-0.1, -0.05) is 13.8 Å². The monoisotopic (exact) mass is 253 g/mol. The quantitative estimate of drug-likeness (QED) is 0.808. The van der Waals surface area contributed by atoms with Crippen LogP contribution in [0.2, 0.25) is 0 Å². The second-order valence-corrected chi connectivity index (χ2v) is 4.11. The Labute approximate surface area is 109 Å². The molecule has 0 aliphatic rings. The molecule has 0 heterocycles. The summed E-state index contributed by atoms with van der Waals surface area (Å²) in [6, 6.07) is 5.47. The van der Waals surface area contributed by atoms with Crippen molar-refractivity contribution in [1.29, 1.82) is 0 Å². The maximum Gasteiger partial charge on any atom is 0.124 e. The lowest BCUT2D eigenvalue weighted by Gasteiger charge is -2.23. The Kier molecular flexibility index (Phi) is 5.95.